The zero-order valence-corrected chi connectivity index (χ0v) is 4.59. The fraction of sp³-hybridized carbons (Fsp3) is 0. The van der Waals surface area contributed by atoms with E-state index in [1.807, 2.05) is 0 Å². The summed E-state index contributed by atoms with van der Waals surface area (Å²) < 4.78 is 0. The molecule has 0 aliphatic carbocycles. The lowest BCUT2D eigenvalue weighted by molar-refractivity contribution is 0.565. The molecule has 0 bridgehead atoms. The summed E-state index contributed by atoms with van der Waals surface area (Å²) in [5.74, 6) is 0. The van der Waals surface area contributed by atoms with E-state index in [1.165, 1.54) is 6.08 Å². The Bertz CT molecular complexity index is 224. The van der Waals surface area contributed by atoms with Crippen molar-refractivity contribution < 1.29 is 4.79 Å². The van der Waals surface area contributed by atoms with Crippen LogP contribution in [-0.4, -0.2) is 6.08 Å². The Labute approximate surface area is 52.9 Å². The highest BCUT2D eigenvalue weighted by Gasteiger charge is 1.78. The van der Waals surface area contributed by atoms with E-state index in [0.717, 1.165) is 0 Å². The van der Waals surface area contributed by atoms with Crippen molar-refractivity contribution in [2.24, 2.45) is 4.99 Å². The Morgan fingerprint density at radius 1 is 1.67 bits per heavy atom. The van der Waals surface area contributed by atoms with Crippen molar-refractivity contribution >= 4 is 11.8 Å². The minimum atomic E-state index is 0.465. The lowest BCUT2D eigenvalue weighted by atomic mass is 10.4. The van der Waals surface area contributed by atoms with Crippen molar-refractivity contribution in [3.05, 3.63) is 30.3 Å². The monoisotopic (exact) mass is 117 g/mol. The van der Waals surface area contributed by atoms with Gasteiger partial charge in [-0.2, -0.15) is 4.99 Å². The standard InChI is InChI=1S/C7H3NO/c9-6-8-7-4-2-1-3-5-7/h1-2,4H. The van der Waals surface area contributed by atoms with Crippen LogP contribution in [0.4, 0.5) is 5.69 Å². The summed E-state index contributed by atoms with van der Waals surface area (Å²) in [6.07, 6.45) is 1.41. The third-order valence-electron chi connectivity index (χ3n) is 0.800. The molecule has 0 saturated heterocycles. The Balaban J connectivity index is 2.97. The van der Waals surface area contributed by atoms with Crippen LogP contribution in [0.5, 0.6) is 0 Å². The molecule has 0 aromatic heterocycles. The predicted octanol–water partition coefficient (Wildman–Crippen LogP) is 1.25. The maximum atomic E-state index is 9.65. The predicted molar refractivity (Wildman–Crippen MR) is 31.9 cm³/mol. The number of isocyanates is 1. The third-order valence-corrected chi connectivity index (χ3v) is 0.800. The van der Waals surface area contributed by atoms with Gasteiger partial charge in [-0.05, 0) is 18.2 Å². The third kappa shape index (κ3) is 1.41. The Morgan fingerprint density at radius 3 is 3.11 bits per heavy atom. The lowest BCUT2D eigenvalue weighted by Crippen LogP contribution is -1.55. The van der Waals surface area contributed by atoms with E-state index >= 15 is 0 Å². The van der Waals surface area contributed by atoms with E-state index in [1.54, 1.807) is 18.2 Å². The van der Waals surface area contributed by atoms with Crippen LogP contribution in [0, 0.1) is 12.1 Å². The van der Waals surface area contributed by atoms with Gasteiger partial charge in [0.15, 0.2) is 0 Å². The van der Waals surface area contributed by atoms with Gasteiger partial charge in [0.2, 0.25) is 6.08 Å². The normalized spacial score (nSPS) is 7.11. The quantitative estimate of drug-likeness (QED) is 0.402. The smallest absolute Gasteiger partial charge is 0.211 e. The summed E-state index contributed by atoms with van der Waals surface area (Å²) >= 11 is 0. The first-order chi connectivity index (χ1) is 4.43. The summed E-state index contributed by atoms with van der Waals surface area (Å²) in [6, 6.07) is 10.3. The first kappa shape index (κ1) is 5.55. The van der Waals surface area contributed by atoms with Gasteiger partial charge in [0.1, 0.15) is 5.69 Å². The van der Waals surface area contributed by atoms with Crippen molar-refractivity contribution in [3.8, 4) is 0 Å². The van der Waals surface area contributed by atoms with Crippen molar-refractivity contribution in [1.82, 2.24) is 0 Å². The minimum absolute atomic E-state index is 0.465. The van der Waals surface area contributed by atoms with E-state index in [9.17, 15) is 4.79 Å². The van der Waals surface area contributed by atoms with E-state index < -0.39 is 0 Å². The molecule has 0 saturated carbocycles. The van der Waals surface area contributed by atoms with Crippen LogP contribution in [0.15, 0.2) is 23.2 Å². The van der Waals surface area contributed by atoms with Gasteiger partial charge in [0.05, 0.1) is 0 Å². The topological polar surface area (TPSA) is 29.4 Å². The number of carbonyl (C=O) groups excluding carboxylic acids is 1. The molecule has 0 N–H and O–H groups in total. The molecule has 0 spiro atoms. The molecule has 0 radical (unpaired) electrons. The first-order valence-electron chi connectivity index (χ1n) is 2.40. The summed E-state index contributed by atoms with van der Waals surface area (Å²) in [5.41, 5.74) is 0.465. The fourth-order valence-corrected chi connectivity index (χ4v) is 0.459. The first-order valence-corrected chi connectivity index (χ1v) is 2.40. The molecule has 0 unspecified atom stereocenters. The zero-order chi connectivity index (χ0) is 6.53. The van der Waals surface area contributed by atoms with E-state index in [0.29, 0.717) is 5.69 Å². The van der Waals surface area contributed by atoms with Gasteiger partial charge < -0.3 is 0 Å². The summed E-state index contributed by atoms with van der Waals surface area (Å²) in [4.78, 5) is 13.0. The van der Waals surface area contributed by atoms with Crippen LogP contribution >= 0.6 is 0 Å². The number of rotatable bonds is 1. The highest BCUT2D eigenvalue weighted by atomic mass is 16.1. The summed E-state index contributed by atoms with van der Waals surface area (Å²) in [5, 5.41) is 0. The van der Waals surface area contributed by atoms with Crippen molar-refractivity contribution in [2.45, 2.75) is 0 Å². The molecule has 0 fully saturated rings. The largest absolute Gasteiger partial charge is 0.241 e. The second kappa shape index (κ2) is 2.66. The van der Waals surface area contributed by atoms with Gasteiger partial charge >= 0.3 is 0 Å². The Hall–Kier alpha value is -1.58. The van der Waals surface area contributed by atoms with Gasteiger partial charge in [0, 0.05) is 0 Å². The molecule has 1 aromatic carbocycles. The molecule has 2 nitrogen and oxygen atoms in total. The van der Waals surface area contributed by atoms with Gasteiger partial charge in [-0.3, -0.25) is 0 Å². The zero-order valence-electron chi connectivity index (χ0n) is 4.59. The molecule has 9 heavy (non-hydrogen) atoms. The van der Waals surface area contributed by atoms with Crippen molar-refractivity contribution in [1.29, 1.82) is 0 Å². The summed E-state index contributed by atoms with van der Waals surface area (Å²) in [6.45, 7) is 0. The molecule has 0 heterocycles. The number of hydrogen-bond donors (Lipinski definition) is 0. The van der Waals surface area contributed by atoms with E-state index in [4.69, 9.17) is 0 Å². The number of hydrogen-bond acceptors (Lipinski definition) is 2. The van der Waals surface area contributed by atoms with Crippen LogP contribution in [0.25, 0.3) is 0 Å². The molecule has 42 valence electrons. The van der Waals surface area contributed by atoms with Crippen molar-refractivity contribution in [2.75, 3.05) is 0 Å². The summed E-state index contributed by atoms with van der Waals surface area (Å²) in [7, 11) is 0. The maximum Gasteiger partial charge on any atom is 0.241 e. The van der Waals surface area contributed by atoms with Crippen LogP contribution in [0.3, 0.4) is 0 Å². The average molecular weight is 117 g/mol. The molecule has 0 atom stereocenters. The second-order valence-corrected chi connectivity index (χ2v) is 1.38. The molecule has 1 rings (SSSR count). The molecular formula is C7H3NO. The highest BCUT2D eigenvalue weighted by Crippen LogP contribution is 2.02. The molecule has 1 aromatic rings. The minimum Gasteiger partial charge on any atom is -0.211 e. The van der Waals surface area contributed by atoms with Crippen LogP contribution in [0.1, 0.15) is 0 Å². The fourth-order valence-electron chi connectivity index (χ4n) is 0.459. The van der Waals surface area contributed by atoms with E-state index in [2.05, 4.69) is 17.1 Å². The van der Waals surface area contributed by atoms with Crippen LogP contribution in [-0.2, 0) is 4.79 Å². The molecular weight excluding hydrogens is 114 g/mol. The second-order valence-electron chi connectivity index (χ2n) is 1.38. The maximum absolute atomic E-state index is 9.65. The van der Waals surface area contributed by atoms with Crippen LogP contribution < -0.4 is 0 Å². The molecule has 0 aliphatic heterocycles. The Morgan fingerprint density at radius 2 is 2.56 bits per heavy atom. The molecule has 0 aliphatic rings. The number of nitrogens with zero attached hydrogens (tertiary/aromatic N) is 1. The highest BCUT2D eigenvalue weighted by molar-refractivity contribution is 5.45. The van der Waals surface area contributed by atoms with Crippen molar-refractivity contribution in [3.63, 3.8) is 0 Å². The van der Waals surface area contributed by atoms with Gasteiger partial charge in [-0.25, -0.2) is 4.79 Å². The SMILES string of the molecule is O=C=Nc1c#cccc1. The Kier molecular flexibility index (Phi) is 1.64. The van der Waals surface area contributed by atoms with E-state index in [-0.39, 0.29) is 0 Å². The van der Waals surface area contributed by atoms with Gasteiger partial charge in [-0.1, -0.05) is 12.1 Å². The lowest BCUT2D eigenvalue weighted by Gasteiger charge is -1.76. The average Bonchev–Trinajstić information content (AvgIpc) is 1.91. The number of aliphatic imine (C=N–C) groups is 1. The van der Waals surface area contributed by atoms with Crippen LogP contribution in [0.2, 0.25) is 0 Å². The van der Waals surface area contributed by atoms with Gasteiger partial charge in [0.25, 0.3) is 0 Å². The molecule has 0 amide bonds. The molecule has 2 heteroatoms. The van der Waals surface area contributed by atoms with Gasteiger partial charge in [-0.15, -0.1) is 0 Å².